The predicted molar refractivity (Wildman–Crippen MR) is 80.4 cm³/mol. The minimum Gasteiger partial charge on any atom is -0.376 e. The van der Waals surface area contributed by atoms with Gasteiger partial charge < -0.3 is 20.3 Å². The summed E-state index contributed by atoms with van der Waals surface area (Å²) in [5.41, 5.74) is 0. The van der Waals surface area contributed by atoms with Gasteiger partial charge in [-0.15, -0.1) is 0 Å². The molecule has 7 nitrogen and oxygen atoms in total. The molecule has 0 amide bonds. The van der Waals surface area contributed by atoms with Crippen LogP contribution in [0.2, 0.25) is 0 Å². The molecule has 0 saturated carbocycles. The lowest BCUT2D eigenvalue weighted by molar-refractivity contribution is 0.120. The van der Waals surface area contributed by atoms with Gasteiger partial charge in [0.25, 0.3) is 0 Å². The molecule has 1 aromatic rings. The van der Waals surface area contributed by atoms with Gasteiger partial charge in [-0.1, -0.05) is 6.92 Å². The van der Waals surface area contributed by atoms with Gasteiger partial charge in [0.15, 0.2) is 0 Å². The van der Waals surface area contributed by atoms with E-state index in [1.807, 2.05) is 19.0 Å². The van der Waals surface area contributed by atoms with Crippen LogP contribution in [0.1, 0.15) is 26.2 Å². The Balaban J connectivity index is 2.02. The lowest BCUT2D eigenvalue weighted by Gasteiger charge is -2.15. The molecule has 1 unspecified atom stereocenters. The molecule has 112 valence electrons. The van der Waals surface area contributed by atoms with Gasteiger partial charge in [0.1, 0.15) is 0 Å². The zero-order valence-corrected chi connectivity index (χ0v) is 12.5. The second kappa shape index (κ2) is 7.23. The third kappa shape index (κ3) is 4.19. The molecule has 1 fully saturated rings. The summed E-state index contributed by atoms with van der Waals surface area (Å²) in [5, 5.41) is 6.44. The molecule has 1 atom stereocenters. The van der Waals surface area contributed by atoms with Crippen LogP contribution in [-0.2, 0) is 4.74 Å². The van der Waals surface area contributed by atoms with Crippen molar-refractivity contribution in [3.05, 3.63) is 0 Å². The standard InChI is InChI=1S/C13H24N6O/c1-4-7-14-11-16-12(18-13(17-11)19(2)3)15-9-10-6-5-8-20-10/h10H,4-9H2,1-3H3,(H2,14,15,16,17,18). The number of nitrogens with one attached hydrogen (secondary N) is 2. The average molecular weight is 280 g/mol. The smallest absolute Gasteiger partial charge is 0.231 e. The van der Waals surface area contributed by atoms with Crippen LogP contribution in [0, 0.1) is 0 Å². The minimum atomic E-state index is 0.265. The molecule has 0 radical (unpaired) electrons. The fourth-order valence-electron chi connectivity index (χ4n) is 1.97. The van der Waals surface area contributed by atoms with Crippen LogP contribution in [-0.4, -0.2) is 54.8 Å². The van der Waals surface area contributed by atoms with E-state index >= 15 is 0 Å². The molecule has 2 rings (SSSR count). The molecular weight excluding hydrogens is 256 g/mol. The van der Waals surface area contributed by atoms with E-state index in [1.165, 1.54) is 0 Å². The van der Waals surface area contributed by atoms with Crippen molar-refractivity contribution >= 4 is 17.8 Å². The summed E-state index contributed by atoms with van der Waals surface area (Å²) in [7, 11) is 3.84. The maximum atomic E-state index is 5.59. The van der Waals surface area contributed by atoms with Crippen LogP contribution in [0.5, 0.6) is 0 Å². The Hall–Kier alpha value is -1.63. The average Bonchev–Trinajstić information content (AvgIpc) is 2.96. The van der Waals surface area contributed by atoms with Crippen molar-refractivity contribution in [3.63, 3.8) is 0 Å². The summed E-state index contributed by atoms with van der Waals surface area (Å²) >= 11 is 0. The molecule has 0 aromatic carbocycles. The molecule has 0 aliphatic carbocycles. The highest BCUT2D eigenvalue weighted by Crippen LogP contribution is 2.14. The maximum absolute atomic E-state index is 5.59. The van der Waals surface area contributed by atoms with Crippen molar-refractivity contribution in [2.45, 2.75) is 32.3 Å². The Morgan fingerprint density at radius 2 is 1.95 bits per heavy atom. The molecule has 0 spiro atoms. The lowest BCUT2D eigenvalue weighted by Crippen LogP contribution is -2.22. The summed E-state index contributed by atoms with van der Waals surface area (Å²) in [6, 6.07) is 0. The first-order chi connectivity index (χ1) is 9.69. The first-order valence-electron chi connectivity index (χ1n) is 7.21. The van der Waals surface area contributed by atoms with Crippen LogP contribution in [0.4, 0.5) is 17.8 Å². The van der Waals surface area contributed by atoms with E-state index in [9.17, 15) is 0 Å². The second-order valence-electron chi connectivity index (χ2n) is 5.12. The van der Waals surface area contributed by atoms with Crippen molar-refractivity contribution in [1.82, 2.24) is 15.0 Å². The van der Waals surface area contributed by atoms with Gasteiger partial charge >= 0.3 is 0 Å². The van der Waals surface area contributed by atoms with Crippen molar-refractivity contribution in [2.24, 2.45) is 0 Å². The number of nitrogens with zero attached hydrogens (tertiary/aromatic N) is 4. The van der Waals surface area contributed by atoms with Crippen molar-refractivity contribution in [1.29, 1.82) is 0 Å². The first kappa shape index (κ1) is 14.8. The van der Waals surface area contributed by atoms with Gasteiger partial charge in [-0.25, -0.2) is 0 Å². The van der Waals surface area contributed by atoms with Gasteiger partial charge in [-0.05, 0) is 19.3 Å². The van der Waals surface area contributed by atoms with E-state index < -0.39 is 0 Å². The number of aromatic nitrogens is 3. The van der Waals surface area contributed by atoms with Crippen molar-refractivity contribution in [3.8, 4) is 0 Å². The van der Waals surface area contributed by atoms with E-state index in [-0.39, 0.29) is 6.10 Å². The molecule has 1 saturated heterocycles. The highest BCUT2D eigenvalue weighted by molar-refractivity contribution is 5.42. The quantitative estimate of drug-likeness (QED) is 0.780. The number of hydrogen-bond acceptors (Lipinski definition) is 7. The second-order valence-corrected chi connectivity index (χ2v) is 5.12. The first-order valence-corrected chi connectivity index (χ1v) is 7.21. The van der Waals surface area contributed by atoms with E-state index in [0.717, 1.165) is 39.0 Å². The predicted octanol–water partition coefficient (Wildman–Crippen LogP) is 1.35. The summed E-state index contributed by atoms with van der Waals surface area (Å²) in [4.78, 5) is 15.0. The molecular formula is C13H24N6O. The Labute approximate surface area is 120 Å². The Bertz CT molecular complexity index is 419. The third-order valence-electron chi connectivity index (χ3n) is 3.07. The van der Waals surface area contributed by atoms with Gasteiger partial charge in [0, 0.05) is 33.8 Å². The SMILES string of the molecule is CCCNc1nc(NCC2CCCO2)nc(N(C)C)n1. The summed E-state index contributed by atoms with van der Waals surface area (Å²) in [5.74, 6) is 1.85. The van der Waals surface area contributed by atoms with Crippen LogP contribution >= 0.6 is 0 Å². The van der Waals surface area contributed by atoms with Crippen LogP contribution in [0.3, 0.4) is 0 Å². The van der Waals surface area contributed by atoms with E-state index in [0.29, 0.717) is 17.8 Å². The molecule has 0 bridgehead atoms. The molecule has 1 aliphatic heterocycles. The third-order valence-corrected chi connectivity index (χ3v) is 3.07. The van der Waals surface area contributed by atoms with Gasteiger partial charge in [0.05, 0.1) is 6.10 Å². The fourth-order valence-corrected chi connectivity index (χ4v) is 1.97. The number of anilines is 3. The molecule has 7 heteroatoms. The van der Waals surface area contributed by atoms with Crippen LogP contribution in [0.15, 0.2) is 0 Å². The Morgan fingerprint density at radius 3 is 2.55 bits per heavy atom. The number of ether oxygens (including phenoxy) is 1. The van der Waals surface area contributed by atoms with Crippen LogP contribution < -0.4 is 15.5 Å². The van der Waals surface area contributed by atoms with Gasteiger partial charge in [-0.2, -0.15) is 15.0 Å². The largest absolute Gasteiger partial charge is 0.376 e. The minimum absolute atomic E-state index is 0.265. The number of hydrogen-bond donors (Lipinski definition) is 2. The highest BCUT2D eigenvalue weighted by Gasteiger charge is 2.16. The van der Waals surface area contributed by atoms with Crippen molar-refractivity contribution < 1.29 is 4.74 Å². The van der Waals surface area contributed by atoms with E-state index in [4.69, 9.17) is 4.74 Å². The zero-order chi connectivity index (χ0) is 14.4. The molecule has 1 aliphatic rings. The zero-order valence-electron chi connectivity index (χ0n) is 12.5. The lowest BCUT2D eigenvalue weighted by atomic mass is 10.2. The van der Waals surface area contributed by atoms with Crippen LogP contribution in [0.25, 0.3) is 0 Å². The molecule has 2 N–H and O–H groups in total. The molecule has 2 heterocycles. The summed E-state index contributed by atoms with van der Waals surface area (Å²) < 4.78 is 5.59. The molecule has 20 heavy (non-hydrogen) atoms. The van der Waals surface area contributed by atoms with Crippen molar-refractivity contribution in [2.75, 3.05) is 49.3 Å². The highest BCUT2D eigenvalue weighted by atomic mass is 16.5. The van der Waals surface area contributed by atoms with Gasteiger partial charge in [-0.3, -0.25) is 0 Å². The van der Waals surface area contributed by atoms with E-state index in [2.05, 4.69) is 32.5 Å². The fraction of sp³-hybridized carbons (Fsp3) is 0.769. The maximum Gasteiger partial charge on any atom is 0.231 e. The summed E-state index contributed by atoms with van der Waals surface area (Å²) in [6.07, 6.45) is 3.53. The number of rotatable bonds is 7. The summed E-state index contributed by atoms with van der Waals surface area (Å²) in [6.45, 7) is 4.56. The Morgan fingerprint density at radius 1 is 1.20 bits per heavy atom. The van der Waals surface area contributed by atoms with E-state index in [1.54, 1.807) is 0 Å². The monoisotopic (exact) mass is 280 g/mol. The topological polar surface area (TPSA) is 75.2 Å². The Kier molecular flexibility index (Phi) is 5.34. The normalized spacial score (nSPS) is 18.1. The molecule has 1 aromatic heterocycles. The van der Waals surface area contributed by atoms with Gasteiger partial charge in [0.2, 0.25) is 17.8 Å².